The summed E-state index contributed by atoms with van der Waals surface area (Å²) in [6.07, 6.45) is 4.52. The third-order valence-electron chi connectivity index (χ3n) is 7.14. The zero-order valence-corrected chi connectivity index (χ0v) is 17.5. The maximum absolute atomic E-state index is 12.5. The summed E-state index contributed by atoms with van der Waals surface area (Å²) in [5.74, 6) is -0.758. The van der Waals surface area contributed by atoms with Gasteiger partial charge in [-0.25, -0.2) is 0 Å². The monoisotopic (exact) mass is 407 g/mol. The number of rotatable bonds is 5. The highest BCUT2D eigenvalue weighted by atomic mass is 16.5. The number of carbonyl (C=O) groups is 4. The van der Waals surface area contributed by atoms with Crippen LogP contribution in [-0.4, -0.2) is 65.8 Å². The SMILES string of the molecule is C[C@@H]1[C@H](C)CCC[C@@H]1N1C[C@H](C(=O)OCC(=O)N2CCC(C(N)=O)CC2)CC1=O. The lowest BCUT2D eigenvalue weighted by atomic mass is 9.77. The van der Waals surface area contributed by atoms with E-state index in [2.05, 4.69) is 13.8 Å². The van der Waals surface area contributed by atoms with Crippen LogP contribution in [0, 0.1) is 23.7 Å². The molecule has 0 bridgehead atoms. The van der Waals surface area contributed by atoms with Crippen molar-refractivity contribution in [2.75, 3.05) is 26.2 Å². The van der Waals surface area contributed by atoms with Crippen LogP contribution in [0.3, 0.4) is 0 Å². The van der Waals surface area contributed by atoms with Crippen LogP contribution < -0.4 is 5.73 Å². The average Bonchev–Trinajstić information content (AvgIpc) is 3.09. The Kier molecular flexibility index (Phi) is 6.80. The van der Waals surface area contributed by atoms with Crippen molar-refractivity contribution in [3.05, 3.63) is 0 Å². The first kappa shape index (κ1) is 21.6. The van der Waals surface area contributed by atoms with Gasteiger partial charge in [-0.3, -0.25) is 19.2 Å². The van der Waals surface area contributed by atoms with Crippen LogP contribution in [0.25, 0.3) is 0 Å². The normalized spacial score (nSPS) is 31.0. The van der Waals surface area contributed by atoms with Crippen molar-refractivity contribution in [3.63, 3.8) is 0 Å². The van der Waals surface area contributed by atoms with E-state index < -0.39 is 11.9 Å². The number of nitrogens with zero attached hydrogens (tertiary/aromatic N) is 2. The summed E-state index contributed by atoms with van der Waals surface area (Å²) in [4.78, 5) is 52.0. The fraction of sp³-hybridized carbons (Fsp3) is 0.810. The lowest BCUT2D eigenvalue weighted by Crippen LogP contribution is -2.45. The fourth-order valence-corrected chi connectivity index (χ4v) is 4.96. The molecule has 2 heterocycles. The van der Waals surface area contributed by atoms with E-state index in [9.17, 15) is 19.2 Å². The molecule has 0 aromatic carbocycles. The molecular weight excluding hydrogens is 374 g/mol. The minimum Gasteiger partial charge on any atom is -0.455 e. The van der Waals surface area contributed by atoms with E-state index >= 15 is 0 Å². The van der Waals surface area contributed by atoms with Gasteiger partial charge in [0.05, 0.1) is 5.92 Å². The Labute approximate surface area is 172 Å². The Morgan fingerprint density at radius 2 is 1.76 bits per heavy atom. The summed E-state index contributed by atoms with van der Waals surface area (Å²) < 4.78 is 5.25. The molecule has 2 saturated heterocycles. The van der Waals surface area contributed by atoms with E-state index in [0.717, 1.165) is 12.8 Å². The Balaban J connectivity index is 1.46. The van der Waals surface area contributed by atoms with Crippen molar-refractivity contribution in [2.45, 2.75) is 58.4 Å². The van der Waals surface area contributed by atoms with Crippen LogP contribution >= 0.6 is 0 Å². The topological polar surface area (TPSA) is 110 Å². The van der Waals surface area contributed by atoms with E-state index in [0.29, 0.717) is 44.3 Å². The molecule has 0 aromatic rings. The second kappa shape index (κ2) is 9.13. The van der Waals surface area contributed by atoms with Crippen LogP contribution in [0.4, 0.5) is 0 Å². The molecule has 2 aliphatic heterocycles. The van der Waals surface area contributed by atoms with Gasteiger partial charge in [0, 0.05) is 38.0 Å². The quantitative estimate of drug-likeness (QED) is 0.682. The van der Waals surface area contributed by atoms with Crippen molar-refractivity contribution in [3.8, 4) is 0 Å². The first-order chi connectivity index (χ1) is 13.8. The molecule has 162 valence electrons. The smallest absolute Gasteiger partial charge is 0.311 e. The predicted octanol–water partition coefficient (Wildman–Crippen LogP) is 0.927. The molecule has 29 heavy (non-hydrogen) atoms. The number of likely N-dealkylation sites (tertiary alicyclic amines) is 2. The Morgan fingerprint density at radius 1 is 1.07 bits per heavy atom. The molecule has 3 rings (SSSR count). The van der Waals surface area contributed by atoms with Gasteiger partial charge in [-0.15, -0.1) is 0 Å². The molecule has 0 unspecified atom stereocenters. The van der Waals surface area contributed by atoms with E-state index in [4.69, 9.17) is 10.5 Å². The first-order valence-electron chi connectivity index (χ1n) is 10.8. The lowest BCUT2D eigenvalue weighted by molar-refractivity contribution is -0.156. The van der Waals surface area contributed by atoms with Crippen LogP contribution in [0.15, 0.2) is 0 Å². The van der Waals surface area contributed by atoms with Crippen molar-refractivity contribution in [1.29, 1.82) is 0 Å². The minimum atomic E-state index is -0.500. The fourth-order valence-electron chi connectivity index (χ4n) is 4.96. The zero-order chi connectivity index (χ0) is 21.1. The molecule has 8 heteroatoms. The standard InChI is InChI=1S/C21H33N3O5/c1-13-4-3-5-17(14(13)2)24-11-16(10-18(24)25)21(28)29-12-19(26)23-8-6-15(7-9-23)20(22)27/h13-17H,3-12H2,1-2H3,(H2,22,27)/t13-,14-,16-,17+/m1/s1. The van der Waals surface area contributed by atoms with Crippen LogP contribution in [-0.2, 0) is 23.9 Å². The summed E-state index contributed by atoms with van der Waals surface area (Å²) in [7, 11) is 0. The van der Waals surface area contributed by atoms with Crippen LogP contribution in [0.1, 0.15) is 52.4 Å². The highest BCUT2D eigenvalue weighted by molar-refractivity contribution is 5.88. The van der Waals surface area contributed by atoms with Gasteiger partial charge in [-0.1, -0.05) is 26.7 Å². The number of hydrogen-bond donors (Lipinski definition) is 1. The molecule has 0 spiro atoms. The minimum absolute atomic E-state index is 0.0118. The number of nitrogens with two attached hydrogens (primary N) is 1. The van der Waals surface area contributed by atoms with Crippen LogP contribution in [0.2, 0.25) is 0 Å². The predicted molar refractivity (Wildman–Crippen MR) is 105 cm³/mol. The molecule has 3 amide bonds. The van der Waals surface area contributed by atoms with Crippen LogP contribution in [0.5, 0.6) is 0 Å². The third kappa shape index (κ3) is 4.90. The highest BCUT2D eigenvalue weighted by Crippen LogP contribution is 2.35. The number of ether oxygens (including phenoxy) is 1. The number of primary amides is 1. The van der Waals surface area contributed by atoms with Gasteiger partial charge < -0.3 is 20.3 Å². The summed E-state index contributed by atoms with van der Waals surface area (Å²) in [5, 5.41) is 0. The van der Waals surface area contributed by atoms with Gasteiger partial charge in [0.15, 0.2) is 6.61 Å². The van der Waals surface area contributed by atoms with Crippen molar-refractivity contribution in [2.24, 2.45) is 29.4 Å². The van der Waals surface area contributed by atoms with E-state index in [1.807, 2.05) is 4.90 Å². The molecule has 8 nitrogen and oxygen atoms in total. The number of hydrogen-bond acceptors (Lipinski definition) is 5. The van der Waals surface area contributed by atoms with Gasteiger partial charge in [0.2, 0.25) is 11.8 Å². The third-order valence-corrected chi connectivity index (χ3v) is 7.14. The summed E-state index contributed by atoms with van der Waals surface area (Å²) in [5.41, 5.74) is 5.31. The van der Waals surface area contributed by atoms with Gasteiger partial charge in [0.1, 0.15) is 0 Å². The van der Waals surface area contributed by atoms with Gasteiger partial charge in [-0.2, -0.15) is 0 Å². The summed E-state index contributed by atoms with van der Waals surface area (Å²) >= 11 is 0. The summed E-state index contributed by atoms with van der Waals surface area (Å²) in [6, 6.07) is 0.192. The Bertz CT molecular complexity index is 659. The first-order valence-corrected chi connectivity index (χ1v) is 10.8. The number of amides is 3. The average molecular weight is 408 g/mol. The van der Waals surface area contributed by atoms with Crippen molar-refractivity contribution >= 4 is 23.7 Å². The van der Waals surface area contributed by atoms with E-state index in [1.165, 1.54) is 6.42 Å². The molecule has 0 aromatic heterocycles. The highest BCUT2D eigenvalue weighted by Gasteiger charge is 2.42. The molecular formula is C21H33N3O5. The van der Waals surface area contributed by atoms with E-state index in [-0.39, 0.29) is 42.7 Å². The number of piperidine rings is 1. The van der Waals surface area contributed by atoms with Gasteiger partial charge in [0.25, 0.3) is 5.91 Å². The number of esters is 1. The molecule has 1 saturated carbocycles. The van der Waals surface area contributed by atoms with Crippen molar-refractivity contribution < 1.29 is 23.9 Å². The molecule has 3 fully saturated rings. The largest absolute Gasteiger partial charge is 0.455 e. The lowest BCUT2D eigenvalue weighted by Gasteiger charge is -2.39. The Hall–Kier alpha value is -2.12. The molecule has 0 radical (unpaired) electrons. The summed E-state index contributed by atoms with van der Waals surface area (Å²) in [6.45, 7) is 5.36. The number of carbonyl (C=O) groups excluding carboxylic acids is 4. The second-order valence-corrected chi connectivity index (χ2v) is 8.95. The van der Waals surface area contributed by atoms with Gasteiger partial charge >= 0.3 is 5.97 Å². The molecule has 4 atom stereocenters. The zero-order valence-electron chi connectivity index (χ0n) is 17.5. The van der Waals surface area contributed by atoms with Gasteiger partial charge in [-0.05, 0) is 31.1 Å². The molecule has 2 N–H and O–H groups in total. The maximum Gasteiger partial charge on any atom is 0.311 e. The maximum atomic E-state index is 12.5. The van der Waals surface area contributed by atoms with Crippen molar-refractivity contribution in [1.82, 2.24) is 9.80 Å². The molecule has 3 aliphatic rings. The van der Waals surface area contributed by atoms with E-state index in [1.54, 1.807) is 4.90 Å². The molecule has 1 aliphatic carbocycles. The Morgan fingerprint density at radius 3 is 2.41 bits per heavy atom. The second-order valence-electron chi connectivity index (χ2n) is 8.95.